The number of methoxy groups -OCH3 is 1. The highest BCUT2D eigenvalue weighted by atomic mass is 16.5. The Morgan fingerprint density at radius 3 is 1.42 bits per heavy atom. The molecule has 0 aromatic rings. The lowest BCUT2D eigenvalue weighted by Crippen LogP contribution is -1.89. The summed E-state index contributed by atoms with van der Waals surface area (Å²) in [5, 5.41) is 0. The molecular weight excluding hydrogens is 320 g/mol. The van der Waals surface area contributed by atoms with Crippen molar-refractivity contribution < 1.29 is 9.53 Å². The number of rotatable bonds is 15. The maximum atomic E-state index is 10.4. The highest BCUT2D eigenvalue weighted by Gasteiger charge is 1.94. The van der Waals surface area contributed by atoms with E-state index in [1.165, 1.54) is 22.3 Å². The molecule has 0 unspecified atom stereocenters. The van der Waals surface area contributed by atoms with E-state index in [-0.39, 0.29) is 0 Å². The number of allylic oxidation sites excluding steroid dienone is 7. The summed E-state index contributed by atoms with van der Waals surface area (Å²) in [6.45, 7) is 9.58. The molecule has 0 fully saturated rings. The van der Waals surface area contributed by atoms with E-state index < -0.39 is 0 Å². The minimum Gasteiger partial charge on any atom is -0.384 e. The predicted octanol–water partition coefficient (Wildman–Crippen LogP) is 7.13. The SMILES string of the molecule is COCCC(C)=CCCC(C)=CCCC=C(C)CCC=C(C)CCC=O. The minimum atomic E-state index is 0.644. The molecule has 0 amide bonds. The normalized spacial score (nSPS) is 14.0. The number of ether oxygens (including phenoxy) is 1. The van der Waals surface area contributed by atoms with Crippen molar-refractivity contribution in [2.24, 2.45) is 0 Å². The van der Waals surface area contributed by atoms with Gasteiger partial charge in [-0.1, -0.05) is 46.6 Å². The van der Waals surface area contributed by atoms with E-state index in [1.54, 1.807) is 7.11 Å². The average molecular weight is 361 g/mol. The van der Waals surface area contributed by atoms with Gasteiger partial charge in [-0.2, -0.15) is 0 Å². The molecule has 0 bridgehead atoms. The summed E-state index contributed by atoms with van der Waals surface area (Å²) in [4.78, 5) is 10.4. The van der Waals surface area contributed by atoms with Crippen LogP contribution in [-0.4, -0.2) is 20.0 Å². The molecule has 0 aliphatic carbocycles. The summed E-state index contributed by atoms with van der Waals surface area (Å²) in [5.41, 5.74) is 5.70. The Kier molecular flexibility index (Phi) is 16.1. The van der Waals surface area contributed by atoms with Gasteiger partial charge in [0.2, 0.25) is 0 Å². The molecule has 148 valence electrons. The van der Waals surface area contributed by atoms with Crippen molar-refractivity contribution in [2.45, 2.75) is 85.5 Å². The third kappa shape index (κ3) is 16.1. The number of carbonyl (C=O) groups excluding carboxylic acids is 1. The Morgan fingerprint density at radius 2 is 1.00 bits per heavy atom. The summed E-state index contributed by atoms with van der Waals surface area (Å²) in [6, 6.07) is 0. The summed E-state index contributed by atoms with van der Waals surface area (Å²) in [5.74, 6) is 0. The van der Waals surface area contributed by atoms with Gasteiger partial charge in [-0.25, -0.2) is 0 Å². The number of aldehydes is 1. The fourth-order valence-corrected chi connectivity index (χ4v) is 2.71. The molecule has 0 spiro atoms. The van der Waals surface area contributed by atoms with Crippen LogP contribution < -0.4 is 0 Å². The van der Waals surface area contributed by atoms with Gasteiger partial charge in [-0.05, 0) is 79.1 Å². The quantitative estimate of drug-likeness (QED) is 0.176. The van der Waals surface area contributed by atoms with Crippen molar-refractivity contribution in [3.8, 4) is 0 Å². The second kappa shape index (κ2) is 17.0. The second-order valence-electron chi connectivity index (χ2n) is 7.30. The molecule has 0 aromatic heterocycles. The summed E-state index contributed by atoms with van der Waals surface area (Å²) in [7, 11) is 1.75. The molecule has 0 rings (SSSR count). The van der Waals surface area contributed by atoms with Crippen LogP contribution in [0.3, 0.4) is 0 Å². The molecule has 0 N–H and O–H groups in total. The first-order chi connectivity index (χ1) is 12.5. The summed E-state index contributed by atoms with van der Waals surface area (Å²) < 4.78 is 5.10. The fraction of sp³-hybridized carbons (Fsp3) is 0.625. The van der Waals surface area contributed by atoms with Crippen LogP contribution in [0.1, 0.15) is 85.5 Å². The van der Waals surface area contributed by atoms with Gasteiger partial charge in [0.1, 0.15) is 6.29 Å². The van der Waals surface area contributed by atoms with Crippen molar-refractivity contribution in [3.63, 3.8) is 0 Å². The van der Waals surface area contributed by atoms with Gasteiger partial charge in [-0.3, -0.25) is 0 Å². The Morgan fingerprint density at radius 1 is 0.615 bits per heavy atom. The first kappa shape index (κ1) is 24.6. The number of carbonyl (C=O) groups is 1. The third-order valence-corrected chi connectivity index (χ3v) is 4.57. The molecule has 2 nitrogen and oxygen atoms in total. The Bertz CT molecular complexity index is 492. The Hall–Kier alpha value is -1.41. The second-order valence-corrected chi connectivity index (χ2v) is 7.30. The van der Waals surface area contributed by atoms with E-state index in [0.717, 1.165) is 64.3 Å². The lowest BCUT2D eigenvalue weighted by Gasteiger charge is -2.02. The maximum absolute atomic E-state index is 10.4. The molecule has 0 heterocycles. The van der Waals surface area contributed by atoms with E-state index in [0.29, 0.717) is 6.42 Å². The van der Waals surface area contributed by atoms with Crippen LogP contribution in [0.5, 0.6) is 0 Å². The van der Waals surface area contributed by atoms with E-state index in [1.807, 2.05) is 0 Å². The first-order valence-electron chi connectivity index (χ1n) is 10.0. The van der Waals surface area contributed by atoms with E-state index in [9.17, 15) is 4.79 Å². The van der Waals surface area contributed by atoms with Crippen LogP contribution >= 0.6 is 0 Å². The minimum absolute atomic E-state index is 0.644. The van der Waals surface area contributed by atoms with Crippen LogP contribution in [-0.2, 0) is 9.53 Å². The largest absolute Gasteiger partial charge is 0.384 e. The number of hydrogen-bond acceptors (Lipinski definition) is 2. The van der Waals surface area contributed by atoms with Gasteiger partial charge in [0, 0.05) is 20.1 Å². The summed E-state index contributed by atoms with van der Waals surface area (Å²) >= 11 is 0. The standard InChI is InChI=1S/C24H40O2/c1-21(13-8-15-23(3)17-10-19-25)11-6-7-12-22(2)14-9-16-24(4)18-20-26-5/h11-12,15-16,19H,6-10,13-14,17-18,20H2,1-5H3. The highest BCUT2D eigenvalue weighted by molar-refractivity contribution is 5.49. The smallest absolute Gasteiger partial charge is 0.120 e. The van der Waals surface area contributed by atoms with Crippen molar-refractivity contribution in [1.29, 1.82) is 0 Å². The number of hydrogen-bond donors (Lipinski definition) is 0. The zero-order chi connectivity index (χ0) is 19.6. The van der Waals surface area contributed by atoms with Crippen molar-refractivity contribution in [1.82, 2.24) is 0 Å². The molecular formula is C24H40O2. The zero-order valence-corrected chi connectivity index (χ0v) is 17.8. The van der Waals surface area contributed by atoms with Crippen LogP contribution in [0.4, 0.5) is 0 Å². The molecule has 0 aromatic carbocycles. The van der Waals surface area contributed by atoms with Gasteiger partial charge >= 0.3 is 0 Å². The van der Waals surface area contributed by atoms with E-state index >= 15 is 0 Å². The maximum Gasteiger partial charge on any atom is 0.120 e. The molecule has 26 heavy (non-hydrogen) atoms. The lowest BCUT2D eigenvalue weighted by atomic mass is 10.0. The Balaban J connectivity index is 3.97. The predicted molar refractivity (Wildman–Crippen MR) is 115 cm³/mol. The molecule has 0 saturated heterocycles. The van der Waals surface area contributed by atoms with E-state index in [4.69, 9.17) is 4.74 Å². The monoisotopic (exact) mass is 360 g/mol. The first-order valence-corrected chi connectivity index (χ1v) is 10.0. The lowest BCUT2D eigenvalue weighted by molar-refractivity contribution is -0.107. The molecule has 0 saturated carbocycles. The van der Waals surface area contributed by atoms with Crippen LogP contribution in [0.15, 0.2) is 46.6 Å². The Labute approximate surface area is 162 Å². The van der Waals surface area contributed by atoms with Crippen LogP contribution in [0.2, 0.25) is 0 Å². The van der Waals surface area contributed by atoms with Gasteiger partial charge in [0.05, 0.1) is 0 Å². The molecule has 2 heteroatoms. The highest BCUT2D eigenvalue weighted by Crippen LogP contribution is 2.13. The summed E-state index contributed by atoms with van der Waals surface area (Å²) in [6.07, 6.45) is 19.7. The molecule has 0 radical (unpaired) electrons. The molecule has 0 aliphatic rings. The van der Waals surface area contributed by atoms with Gasteiger partial charge < -0.3 is 9.53 Å². The van der Waals surface area contributed by atoms with Gasteiger partial charge in [0.15, 0.2) is 0 Å². The van der Waals surface area contributed by atoms with E-state index in [2.05, 4.69) is 52.0 Å². The zero-order valence-electron chi connectivity index (χ0n) is 17.8. The van der Waals surface area contributed by atoms with Crippen LogP contribution in [0.25, 0.3) is 0 Å². The fourth-order valence-electron chi connectivity index (χ4n) is 2.71. The number of unbranched alkanes of at least 4 members (excludes halogenated alkanes) is 1. The third-order valence-electron chi connectivity index (χ3n) is 4.57. The van der Waals surface area contributed by atoms with Crippen molar-refractivity contribution in [2.75, 3.05) is 13.7 Å². The van der Waals surface area contributed by atoms with Crippen molar-refractivity contribution in [3.05, 3.63) is 46.6 Å². The van der Waals surface area contributed by atoms with Crippen LogP contribution in [0, 0.1) is 0 Å². The van der Waals surface area contributed by atoms with Crippen molar-refractivity contribution >= 4 is 6.29 Å². The van der Waals surface area contributed by atoms with Gasteiger partial charge in [-0.15, -0.1) is 0 Å². The molecule has 0 aliphatic heterocycles. The topological polar surface area (TPSA) is 26.3 Å². The molecule has 0 atom stereocenters. The van der Waals surface area contributed by atoms with Gasteiger partial charge in [0.25, 0.3) is 0 Å². The average Bonchev–Trinajstić information content (AvgIpc) is 2.61.